The molecule has 0 bridgehead atoms. The first kappa shape index (κ1) is 19.8. The van der Waals surface area contributed by atoms with Gasteiger partial charge in [0.25, 0.3) is 0 Å². The topological polar surface area (TPSA) is 77.7 Å². The van der Waals surface area contributed by atoms with Crippen molar-refractivity contribution in [1.82, 2.24) is 0 Å². The van der Waals surface area contributed by atoms with Gasteiger partial charge in [-0.1, -0.05) is 0 Å². The molecule has 0 radical (unpaired) electrons. The van der Waals surface area contributed by atoms with Crippen molar-refractivity contribution in [2.45, 2.75) is 94.7 Å². The molecular weight excluding hydrogens is 367 g/mol. The summed E-state index contributed by atoms with van der Waals surface area (Å²) < 4.78 is 22.4. The van der Waals surface area contributed by atoms with E-state index in [9.17, 15) is 9.59 Å². The summed E-state index contributed by atoms with van der Waals surface area (Å²) in [6.07, 6.45) is 10.6. The fraction of sp³-hybridized carbons (Fsp3) is 0.900. The van der Waals surface area contributed by atoms with Crippen molar-refractivity contribution in [1.29, 1.82) is 0 Å². The zero-order valence-electron chi connectivity index (χ0n) is 16.1. The van der Waals surface area contributed by atoms with Crippen LogP contribution in [0.15, 0.2) is 0 Å². The normalized spacial score (nSPS) is 37.7. The molecule has 7 heteroatoms. The maximum Gasteiger partial charge on any atom is 0.309 e. The fourth-order valence-electron chi connectivity index (χ4n) is 4.37. The predicted molar refractivity (Wildman–Crippen MR) is 101 cm³/mol. The Labute approximate surface area is 162 Å². The Hall–Kier alpha value is -0.550. The molecule has 2 saturated carbocycles. The summed E-state index contributed by atoms with van der Waals surface area (Å²) in [5.41, 5.74) is 0.238. The van der Waals surface area contributed by atoms with E-state index in [4.69, 9.17) is 18.7 Å². The van der Waals surface area contributed by atoms with E-state index in [0.717, 1.165) is 57.8 Å². The standard InChI is InChI=1S/C20H31O6P/c1-27(26-14-7-9-16-18(12-14)25-16)19(21)5-3-2-4-10-23-20(22)13-6-8-15-17(11-13)24-15/h13-18H,2-12H2,1H3. The van der Waals surface area contributed by atoms with Crippen LogP contribution in [0.1, 0.15) is 64.2 Å². The van der Waals surface area contributed by atoms with Gasteiger partial charge in [0, 0.05) is 12.8 Å². The molecular formula is C20H31O6P. The summed E-state index contributed by atoms with van der Waals surface area (Å²) in [4.78, 5) is 24.3. The van der Waals surface area contributed by atoms with Crippen LogP contribution >= 0.6 is 8.15 Å². The Balaban J connectivity index is 1.02. The first-order valence-electron chi connectivity index (χ1n) is 10.5. The molecule has 0 aromatic carbocycles. The SMILES string of the molecule is CP(OC1CCC2OC2C1)C(=O)CCCCCOC(=O)C1CCC2OC2C1. The van der Waals surface area contributed by atoms with E-state index in [1.54, 1.807) is 0 Å². The predicted octanol–water partition coefficient (Wildman–Crippen LogP) is 3.55. The zero-order valence-corrected chi connectivity index (χ0v) is 17.0. The average molecular weight is 398 g/mol. The van der Waals surface area contributed by atoms with E-state index in [1.807, 2.05) is 6.66 Å². The summed E-state index contributed by atoms with van der Waals surface area (Å²) >= 11 is 0. The summed E-state index contributed by atoms with van der Waals surface area (Å²) in [6.45, 7) is 2.39. The number of hydrogen-bond acceptors (Lipinski definition) is 6. The van der Waals surface area contributed by atoms with Crippen molar-refractivity contribution >= 4 is 19.6 Å². The van der Waals surface area contributed by atoms with Crippen LogP contribution in [0.25, 0.3) is 0 Å². The minimum atomic E-state index is -1.00. The van der Waals surface area contributed by atoms with Crippen molar-refractivity contribution in [3.63, 3.8) is 0 Å². The van der Waals surface area contributed by atoms with Gasteiger partial charge in [0.15, 0.2) is 5.52 Å². The van der Waals surface area contributed by atoms with Gasteiger partial charge < -0.3 is 18.7 Å². The van der Waals surface area contributed by atoms with Crippen LogP contribution in [-0.2, 0) is 28.3 Å². The van der Waals surface area contributed by atoms with Gasteiger partial charge in [0.1, 0.15) is 0 Å². The quantitative estimate of drug-likeness (QED) is 0.242. The molecule has 4 rings (SSSR count). The van der Waals surface area contributed by atoms with Gasteiger partial charge in [0.05, 0.1) is 51.2 Å². The van der Waals surface area contributed by atoms with Gasteiger partial charge in [-0.25, -0.2) is 0 Å². The monoisotopic (exact) mass is 398 g/mol. The van der Waals surface area contributed by atoms with Crippen LogP contribution in [0.2, 0.25) is 0 Å². The third kappa shape index (κ3) is 5.50. The Kier molecular flexibility index (Phi) is 6.48. The molecule has 7 unspecified atom stereocenters. The van der Waals surface area contributed by atoms with Gasteiger partial charge in [-0.05, 0) is 58.0 Å². The maximum absolute atomic E-state index is 12.3. The number of fused-ring (bicyclic) bond motifs is 2. The van der Waals surface area contributed by atoms with Crippen LogP contribution < -0.4 is 0 Å². The van der Waals surface area contributed by atoms with Crippen molar-refractivity contribution in [3.8, 4) is 0 Å². The maximum atomic E-state index is 12.3. The Morgan fingerprint density at radius 1 is 0.926 bits per heavy atom. The second-order valence-electron chi connectivity index (χ2n) is 8.35. The number of epoxide rings is 2. The minimum absolute atomic E-state index is 0.0206. The number of esters is 1. The number of hydrogen-bond donors (Lipinski definition) is 0. The van der Waals surface area contributed by atoms with E-state index in [1.165, 1.54) is 0 Å². The molecule has 0 spiro atoms. The summed E-state index contributed by atoms with van der Waals surface area (Å²) in [5.74, 6) is -0.0490. The lowest BCUT2D eigenvalue weighted by atomic mass is 9.89. The highest BCUT2D eigenvalue weighted by Crippen LogP contribution is 2.44. The lowest BCUT2D eigenvalue weighted by Gasteiger charge is -2.22. The van der Waals surface area contributed by atoms with Crippen molar-refractivity contribution < 1.29 is 28.3 Å². The summed E-state index contributed by atoms with van der Waals surface area (Å²) in [5, 5.41) is 0. The highest BCUT2D eigenvalue weighted by molar-refractivity contribution is 7.69. The second-order valence-corrected chi connectivity index (χ2v) is 10.1. The van der Waals surface area contributed by atoms with E-state index in [-0.39, 0.29) is 23.5 Å². The summed E-state index contributed by atoms with van der Waals surface area (Å²) in [6, 6.07) is 0. The number of carbonyl (C=O) groups is 2. The fourth-order valence-corrected chi connectivity index (χ4v) is 5.60. The Morgan fingerprint density at radius 2 is 1.67 bits per heavy atom. The minimum Gasteiger partial charge on any atom is -0.465 e. The molecule has 7 atom stereocenters. The third-order valence-electron chi connectivity index (χ3n) is 6.23. The first-order chi connectivity index (χ1) is 13.1. The molecule has 0 aromatic rings. The number of carbonyl (C=O) groups excluding carboxylic acids is 2. The van der Waals surface area contributed by atoms with E-state index < -0.39 is 8.15 Å². The van der Waals surface area contributed by atoms with E-state index in [2.05, 4.69) is 0 Å². The molecule has 0 amide bonds. The Morgan fingerprint density at radius 3 is 2.41 bits per heavy atom. The van der Waals surface area contributed by atoms with Crippen molar-refractivity contribution in [2.75, 3.05) is 13.3 Å². The van der Waals surface area contributed by atoms with Crippen LogP contribution in [0.3, 0.4) is 0 Å². The van der Waals surface area contributed by atoms with Gasteiger partial charge in [-0.15, -0.1) is 0 Å². The van der Waals surface area contributed by atoms with Crippen LogP contribution in [0, 0.1) is 5.92 Å². The molecule has 27 heavy (non-hydrogen) atoms. The molecule has 6 nitrogen and oxygen atoms in total. The number of ether oxygens (including phenoxy) is 3. The largest absolute Gasteiger partial charge is 0.465 e. The number of rotatable bonds is 10. The van der Waals surface area contributed by atoms with E-state index >= 15 is 0 Å². The van der Waals surface area contributed by atoms with Gasteiger partial charge in [-0.3, -0.25) is 9.59 Å². The summed E-state index contributed by atoms with van der Waals surface area (Å²) in [7, 11) is -1.00. The second kappa shape index (κ2) is 8.86. The Bertz CT molecular complexity index is 555. The van der Waals surface area contributed by atoms with E-state index in [0.29, 0.717) is 37.4 Å². The van der Waals surface area contributed by atoms with Crippen LogP contribution in [0.4, 0.5) is 0 Å². The molecule has 0 aromatic heterocycles. The smallest absolute Gasteiger partial charge is 0.309 e. The molecule has 2 heterocycles. The van der Waals surface area contributed by atoms with Crippen LogP contribution in [0.5, 0.6) is 0 Å². The number of unbranched alkanes of at least 4 members (excludes halogenated alkanes) is 2. The molecule has 2 aliphatic carbocycles. The van der Waals surface area contributed by atoms with Crippen molar-refractivity contribution in [3.05, 3.63) is 0 Å². The lowest BCUT2D eigenvalue weighted by molar-refractivity contribution is -0.149. The van der Waals surface area contributed by atoms with Gasteiger partial charge in [0.2, 0.25) is 0 Å². The highest BCUT2D eigenvalue weighted by Gasteiger charge is 2.46. The molecule has 4 aliphatic rings. The molecule has 0 N–H and O–H groups in total. The highest BCUT2D eigenvalue weighted by atomic mass is 31.1. The van der Waals surface area contributed by atoms with Crippen LogP contribution in [-0.4, -0.2) is 55.3 Å². The molecule has 152 valence electrons. The first-order valence-corrected chi connectivity index (χ1v) is 12.2. The van der Waals surface area contributed by atoms with Crippen molar-refractivity contribution in [2.24, 2.45) is 5.92 Å². The lowest BCUT2D eigenvalue weighted by Crippen LogP contribution is -2.24. The zero-order chi connectivity index (χ0) is 18.8. The van der Waals surface area contributed by atoms with Gasteiger partial charge >= 0.3 is 5.97 Å². The average Bonchev–Trinajstić information content (AvgIpc) is 3.57. The van der Waals surface area contributed by atoms with Gasteiger partial charge in [-0.2, -0.15) is 0 Å². The molecule has 2 aliphatic heterocycles. The third-order valence-corrected chi connectivity index (χ3v) is 7.77. The molecule has 2 saturated heterocycles. The molecule has 4 fully saturated rings.